The second kappa shape index (κ2) is 6.79. The van der Waals surface area contributed by atoms with Gasteiger partial charge < -0.3 is 10.3 Å². The summed E-state index contributed by atoms with van der Waals surface area (Å²) in [5.41, 5.74) is 2.87. The van der Waals surface area contributed by atoms with Gasteiger partial charge in [0.25, 0.3) is 5.56 Å². The summed E-state index contributed by atoms with van der Waals surface area (Å²) in [5.74, 6) is 0.815. The van der Waals surface area contributed by atoms with Crippen molar-refractivity contribution in [2.75, 3.05) is 5.32 Å². The molecule has 142 valence electrons. The third-order valence-electron chi connectivity index (χ3n) is 5.47. The maximum atomic E-state index is 12.6. The van der Waals surface area contributed by atoms with E-state index >= 15 is 0 Å². The normalized spacial score (nSPS) is 13.0. The first-order valence-electron chi connectivity index (χ1n) is 9.62. The molecular weight excluding hydrogens is 346 g/mol. The van der Waals surface area contributed by atoms with E-state index in [0.29, 0.717) is 10.9 Å². The molecule has 0 saturated heterocycles. The van der Waals surface area contributed by atoms with Gasteiger partial charge in [0.2, 0.25) is 0 Å². The third-order valence-corrected chi connectivity index (χ3v) is 5.47. The summed E-state index contributed by atoms with van der Waals surface area (Å²) < 4.78 is 0. The van der Waals surface area contributed by atoms with Crippen molar-refractivity contribution in [3.63, 3.8) is 0 Å². The Kier molecular flexibility index (Phi) is 4.42. The maximum absolute atomic E-state index is 12.6. The molecule has 0 bridgehead atoms. The fraction of sp³-hybridized carbons (Fsp3) is 0.250. The van der Waals surface area contributed by atoms with Crippen LogP contribution in [-0.4, -0.2) is 16.0 Å². The Morgan fingerprint density at radius 2 is 1.71 bits per heavy atom. The zero-order valence-corrected chi connectivity index (χ0v) is 16.7. The molecule has 0 aliphatic heterocycles. The largest absolute Gasteiger partial charge is 0.367 e. The number of hydrogen-bond acceptors (Lipinski definition) is 3. The van der Waals surface area contributed by atoms with Gasteiger partial charge in [-0.3, -0.25) is 4.79 Å². The lowest BCUT2D eigenvalue weighted by Gasteiger charge is -2.29. The summed E-state index contributed by atoms with van der Waals surface area (Å²) in [6.45, 7) is 8.76. The molecule has 1 atom stereocenters. The highest BCUT2D eigenvalue weighted by Gasteiger charge is 2.22. The Hall–Kier alpha value is -3.14. The van der Waals surface area contributed by atoms with E-state index < -0.39 is 0 Å². The molecule has 2 aromatic heterocycles. The maximum Gasteiger partial charge on any atom is 0.258 e. The molecule has 0 aliphatic carbocycles. The number of hydrogen-bond donors (Lipinski definition) is 2. The van der Waals surface area contributed by atoms with Gasteiger partial charge in [-0.1, -0.05) is 63.2 Å². The zero-order valence-electron chi connectivity index (χ0n) is 16.7. The van der Waals surface area contributed by atoms with Gasteiger partial charge in [0.15, 0.2) is 0 Å². The minimum Gasteiger partial charge on any atom is -0.367 e. The third kappa shape index (κ3) is 3.26. The average Bonchev–Trinajstić information content (AvgIpc) is 2.67. The Labute approximate surface area is 164 Å². The van der Waals surface area contributed by atoms with Gasteiger partial charge in [0.05, 0.1) is 10.9 Å². The molecule has 0 radical (unpaired) electrons. The van der Waals surface area contributed by atoms with Crippen molar-refractivity contribution in [2.24, 2.45) is 5.41 Å². The number of aromatic nitrogens is 2. The number of anilines is 1. The average molecular weight is 371 g/mol. The molecule has 0 spiro atoms. The van der Waals surface area contributed by atoms with Crippen LogP contribution in [0.2, 0.25) is 0 Å². The molecule has 0 saturated carbocycles. The molecule has 4 rings (SSSR count). The van der Waals surface area contributed by atoms with Crippen LogP contribution in [0.1, 0.15) is 27.7 Å². The van der Waals surface area contributed by atoms with Crippen LogP contribution in [0.3, 0.4) is 0 Å². The lowest BCUT2D eigenvalue weighted by molar-refractivity contribution is 0.359. The predicted octanol–water partition coefficient (Wildman–Crippen LogP) is 5.59. The predicted molar refractivity (Wildman–Crippen MR) is 118 cm³/mol. The van der Waals surface area contributed by atoms with Gasteiger partial charge in [-0.2, -0.15) is 0 Å². The summed E-state index contributed by atoms with van der Waals surface area (Å²) in [6.07, 6.45) is 1.65. The van der Waals surface area contributed by atoms with Crippen molar-refractivity contribution >= 4 is 27.5 Å². The SMILES string of the molecule is CC(Nc1nc2cc[nH]c(=O)c2c2cc(-c3ccccc3)ccc12)C(C)(C)C. The Morgan fingerprint density at radius 3 is 2.43 bits per heavy atom. The van der Waals surface area contributed by atoms with E-state index in [4.69, 9.17) is 4.98 Å². The zero-order chi connectivity index (χ0) is 19.9. The van der Waals surface area contributed by atoms with Gasteiger partial charge in [-0.15, -0.1) is 0 Å². The van der Waals surface area contributed by atoms with Crippen LogP contribution in [0.25, 0.3) is 32.8 Å². The fourth-order valence-corrected chi connectivity index (χ4v) is 3.30. The van der Waals surface area contributed by atoms with Crippen LogP contribution in [0, 0.1) is 5.41 Å². The van der Waals surface area contributed by atoms with E-state index in [1.807, 2.05) is 24.3 Å². The number of rotatable bonds is 3. The highest BCUT2D eigenvalue weighted by Crippen LogP contribution is 2.33. The number of nitrogens with zero attached hydrogens (tertiary/aromatic N) is 1. The van der Waals surface area contributed by atoms with Crippen molar-refractivity contribution in [3.05, 3.63) is 71.1 Å². The van der Waals surface area contributed by atoms with E-state index in [1.165, 1.54) is 0 Å². The second-order valence-electron chi connectivity index (χ2n) is 8.39. The minimum absolute atomic E-state index is 0.0844. The summed E-state index contributed by atoms with van der Waals surface area (Å²) in [5, 5.41) is 6.07. The van der Waals surface area contributed by atoms with Gasteiger partial charge in [0, 0.05) is 23.0 Å². The number of benzene rings is 2. The van der Waals surface area contributed by atoms with Crippen LogP contribution in [0.4, 0.5) is 5.82 Å². The monoisotopic (exact) mass is 371 g/mol. The number of fused-ring (bicyclic) bond motifs is 3. The minimum atomic E-state index is -0.115. The van der Waals surface area contributed by atoms with E-state index in [0.717, 1.165) is 27.7 Å². The first kappa shape index (κ1) is 18.2. The molecule has 4 aromatic rings. The van der Waals surface area contributed by atoms with Crippen molar-refractivity contribution in [1.29, 1.82) is 0 Å². The molecule has 2 N–H and O–H groups in total. The molecule has 0 fully saturated rings. The fourth-order valence-electron chi connectivity index (χ4n) is 3.30. The van der Waals surface area contributed by atoms with Gasteiger partial charge in [-0.05, 0) is 35.6 Å². The van der Waals surface area contributed by atoms with Crippen LogP contribution >= 0.6 is 0 Å². The van der Waals surface area contributed by atoms with E-state index in [1.54, 1.807) is 6.20 Å². The van der Waals surface area contributed by atoms with Crippen LogP contribution in [0.15, 0.2) is 65.6 Å². The van der Waals surface area contributed by atoms with Crippen LogP contribution in [-0.2, 0) is 0 Å². The molecule has 28 heavy (non-hydrogen) atoms. The number of aromatic amines is 1. The topological polar surface area (TPSA) is 57.8 Å². The highest BCUT2D eigenvalue weighted by molar-refractivity contribution is 6.10. The molecule has 2 heterocycles. The van der Waals surface area contributed by atoms with Crippen LogP contribution < -0.4 is 10.9 Å². The summed E-state index contributed by atoms with van der Waals surface area (Å²) in [7, 11) is 0. The lowest BCUT2D eigenvalue weighted by atomic mass is 9.88. The molecular formula is C24H25N3O. The summed E-state index contributed by atoms with van der Waals surface area (Å²) in [4.78, 5) is 20.2. The van der Waals surface area contributed by atoms with Crippen molar-refractivity contribution in [3.8, 4) is 11.1 Å². The molecule has 4 heteroatoms. The molecule has 4 nitrogen and oxygen atoms in total. The first-order valence-corrected chi connectivity index (χ1v) is 9.62. The molecule has 0 aliphatic rings. The Balaban J connectivity index is 1.99. The van der Waals surface area contributed by atoms with Crippen LogP contribution in [0.5, 0.6) is 0 Å². The summed E-state index contributed by atoms with van der Waals surface area (Å²) in [6, 6.07) is 18.5. The van der Waals surface area contributed by atoms with Gasteiger partial charge in [-0.25, -0.2) is 4.98 Å². The molecule has 1 unspecified atom stereocenters. The number of nitrogens with one attached hydrogen (secondary N) is 2. The number of H-pyrrole nitrogens is 1. The molecule has 2 aromatic carbocycles. The van der Waals surface area contributed by atoms with Crippen molar-refractivity contribution < 1.29 is 0 Å². The molecule has 0 amide bonds. The Morgan fingerprint density at radius 1 is 0.964 bits per heavy atom. The first-order chi connectivity index (χ1) is 13.3. The van der Waals surface area contributed by atoms with Crippen molar-refractivity contribution in [2.45, 2.75) is 33.7 Å². The van der Waals surface area contributed by atoms with E-state index in [-0.39, 0.29) is 17.0 Å². The standard InChI is InChI=1S/C24H25N3O/c1-15(24(2,3)4)26-22-18-11-10-17(16-8-6-5-7-9-16)14-19(18)21-20(27-22)12-13-25-23(21)28/h5-15H,1-4H3,(H,25,28)(H,26,27). The summed E-state index contributed by atoms with van der Waals surface area (Å²) >= 11 is 0. The second-order valence-corrected chi connectivity index (χ2v) is 8.39. The number of pyridine rings is 2. The van der Waals surface area contributed by atoms with E-state index in [9.17, 15) is 4.79 Å². The smallest absolute Gasteiger partial charge is 0.258 e. The highest BCUT2D eigenvalue weighted by atomic mass is 16.1. The van der Waals surface area contributed by atoms with Crippen molar-refractivity contribution in [1.82, 2.24) is 9.97 Å². The Bertz CT molecular complexity index is 1200. The lowest BCUT2D eigenvalue weighted by Crippen LogP contribution is -2.31. The van der Waals surface area contributed by atoms with E-state index in [2.05, 4.69) is 68.3 Å². The quantitative estimate of drug-likeness (QED) is 0.462. The van der Waals surface area contributed by atoms with Gasteiger partial charge in [0.1, 0.15) is 5.82 Å². The van der Waals surface area contributed by atoms with Gasteiger partial charge >= 0.3 is 0 Å².